The first-order valence-corrected chi connectivity index (χ1v) is 8.84. The van der Waals surface area contributed by atoms with Crippen molar-refractivity contribution in [1.82, 2.24) is 0 Å². The predicted molar refractivity (Wildman–Crippen MR) is 89.9 cm³/mol. The van der Waals surface area contributed by atoms with Gasteiger partial charge in [0.05, 0.1) is 0 Å². The molecular formula is C18H8F2O4Se. The molecule has 0 aliphatic carbocycles. The van der Waals surface area contributed by atoms with Gasteiger partial charge in [-0.1, -0.05) is 0 Å². The fraction of sp³-hybridized carbons (Fsp3) is 0. The van der Waals surface area contributed by atoms with E-state index >= 15 is 0 Å². The van der Waals surface area contributed by atoms with Crippen molar-refractivity contribution in [2.24, 2.45) is 0 Å². The third-order valence-electron chi connectivity index (χ3n) is 3.63. The van der Waals surface area contributed by atoms with E-state index < -0.39 is 26.6 Å². The van der Waals surface area contributed by atoms with E-state index in [1.807, 2.05) is 0 Å². The van der Waals surface area contributed by atoms with E-state index in [1.54, 1.807) is 0 Å². The van der Waals surface area contributed by atoms with E-state index in [2.05, 4.69) is 0 Å². The van der Waals surface area contributed by atoms with Crippen molar-refractivity contribution in [2.75, 3.05) is 0 Å². The quantitative estimate of drug-likeness (QED) is 0.478. The molecular weight excluding hydrogens is 397 g/mol. The molecule has 0 fully saturated rings. The van der Waals surface area contributed by atoms with Gasteiger partial charge in [-0.25, -0.2) is 0 Å². The molecule has 0 aliphatic rings. The fourth-order valence-corrected chi connectivity index (χ4v) is 4.18. The maximum atomic E-state index is 13.2. The molecule has 0 saturated heterocycles. The zero-order chi connectivity index (χ0) is 17.6. The first-order chi connectivity index (χ1) is 12.0. The fourth-order valence-electron chi connectivity index (χ4n) is 2.43. The van der Waals surface area contributed by atoms with E-state index in [4.69, 9.17) is 8.83 Å². The molecule has 2 heterocycles. The first kappa shape index (κ1) is 15.7. The molecule has 124 valence electrons. The number of hydrogen-bond acceptors (Lipinski definition) is 4. The summed E-state index contributed by atoms with van der Waals surface area (Å²) in [5, 5.41) is 0.487. The second-order valence-electron chi connectivity index (χ2n) is 5.24. The SMILES string of the molecule is O=c1c([Se]c2coc3cc(F)ccc3c2=O)coc2cc(F)ccc12. The van der Waals surface area contributed by atoms with Gasteiger partial charge in [0.15, 0.2) is 0 Å². The van der Waals surface area contributed by atoms with Gasteiger partial charge in [-0.3, -0.25) is 0 Å². The Morgan fingerprint density at radius 2 is 1.16 bits per heavy atom. The Hall–Kier alpha value is -2.76. The van der Waals surface area contributed by atoms with Crippen molar-refractivity contribution in [3.05, 3.63) is 81.0 Å². The summed E-state index contributed by atoms with van der Waals surface area (Å²) in [7, 11) is 0. The van der Waals surface area contributed by atoms with Crippen LogP contribution in [0.4, 0.5) is 8.78 Å². The number of fused-ring (bicyclic) bond motifs is 2. The predicted octanol–water partition coefficient (Wildman–Crippen LogP) is 1.83. The van der Waals surface area contributed by atoms with Crippen molar-refractivity contribution >= 4 is 45.8 Å². The van der Waals surface area contributed by atoms with Crippen LogP contribution >= 0.6 is 0 Å². The van der Waals surface area contributed by atoms with Crippen molar-refractivity contribution < 1.29 is 17.6 Å². The maximum absolute atomic E-state index is 13.2. The van der Waals surface area contributed by atoms with Crippen LogP contribution in [-0.2, 0) is 0 Å². The van der Waals surface area contributed by atoms with Gasteiger partial charge in [-0.2, -0.15) is 0 Å². The van der Waals surface area contributed by atoms with Gasteiger partial charge in [0.25, 0.3) is 0 Å². The van der Waals surface area contributed by atoms with Gasteiger partial charge in [-0.15, -0.1) is 0 Å². The summed E-state index contributed by atoms with van der Waals surface area (Å²) in [5.74, 6) is -1.01. The third-order valence-corrected chi connectivity index (χ3v) is 5.73. The molecule has 0 spiro atoms. The standard InChI is InChI=1S/C18H8F2O4Se/c19-9-1-3-11-13(5-9)23-7-15(17(11)21)25-16-8-24-14-6-10(20)2-4-12(14)18(16)22/h1-8H. The average Bonchev–Trinajstić information content (AvgIpc) is 2.59. The minimum atomic E-state index is -0.674. The summed E-state index contributed by atoms with van der Waals surface area (Å²) in [4.78, 5) is 25.0. The van der Waals surface area contributed by atoms with E-state index in [0.717, 1.165) is 12.1 Å². The van der Waals surface area contributed by atoms with Gasteiger partial charge >= 0.3 is 144 Å². The van der Waals surface area contributed by atoms with Gasteiger partial charge in [-0.05, 0) is 0 Å². The van der Waals surface area contributed by atoms with Crippen LogP contribution in [0.2, 0.25) is 0 Å². The number of benzene rings is 2. The molecule has 0 unspecified atom stereocenters. The van der Waals surface area contributed by atoms with Gasteiger partial charge in [0, 0.05) is 0 Å². The summed E-state index contributed by atoms with van der Waals surface area (Å²) in [6, 6.07) is 7.31. The zero-order valence-corrected chi connectivity index (χ0v) is 14.1. The Labute approximate surface area is 144 Å². The van der Waals surface area contributed by atoms with Crippen molar-refractivity contribution in [3.63, 3.8) is 0 Å². The summed E-state index contributed by atoms with van der Waals surface area (Å²) in [6.45, 7) is 0. The Balaban J connectivity index is 1.83. The average molecular weight is 405 g/mol. The molecule has 0 radical (unpaired) electrons. The zero-order valence-electron chi connectivity index (χ0n) is 12.4. The van der Waals surface area contributed by atoms with E-state index in [9.17, 15) is 18.4 Å². The molecule has 0 aliphatic heterocycles. The topological polar surface area (TPSA) is 60.4 Å². The van der Waals surface area contributed by atoms with Gasteiger partial charge < -0.3 is 0 Å². The first-order valence-electron chi connectivity index (χ1n) is 7.13. The Morgan fingerprint density at radius 3 is 1.60 bits per heavy atom. The molecule has 4 nitrogen and oxygen atoms in total. The Kier molecular flexibility index (Phi) is 3.75. The molecule has 0 saturated carbocycles. The van der Waals surface area contributed by atoms with Crippen LogP contribution in [0.25, 0.3) is 21.9 Å². The van der Waals surface area contributed by atoms with Crippen molar-refractivity contribution in [1.29, 1.82) is 0 Å². The number of hydrogen-bond donors (Lipinski definition) is 0. The number of rotatable bonds is 2. The molecule has 0 amide bonds. The molecule has 0 atom stereocenters. The molecule has 0 N–H and O–H groups in total. The van der Waals surface area contributed by atoms with Crippen LogP contribution in [0, 0.1) is 11.6 Å². The third kappa shape index (κ3) is 2.77. The molecule has 4 rings (SSSR count). The normalized spacial score (nSPS) is 11.3. The summed E-state index contributed by atoms with van der Waals surface area (Å²) < 4.78 is 37.7. The van der Waals surface area contributed by atoms with Gasteiger partial charge in [0.1, 0.15) is 0 Å². The molecule has 2 aromatic carbocycles. The van der Waals surface area contributed by atoms with Crippen molar-refractivity contribution in [2.45, 2.75) is 0 Å². The second-order valence-corrected chi connectivity index (χ2v) is 7.52. The monoisotopic (exact) mass is 406 g/mol. The Morgan fingerprint density at radius 1 is 0.720 bits per heavy atom. The van der Waals surface area contributed by atoms with Crippen LogP contribution in [0.3, 0.4) is 0 Å². The Bertz CT molecular complexity index is 1150. The molecule has 7 heteroatoms. The second kappa shape index (κ2) is 5.95. The van der Waals surface area contributed by atoms with E-state index in [1.165, 1.54) is 36.8 Å². The van der Waals surface area contributed by atoms with Crippen LogP contribution in [-0.4, -0.2) is 15.0 Å². The van der Waals surface area contributed by atoms with Crippen LogP contribution < -0.4 is 19.8 Å². The van der Waals surface area contributed by atoms with Crippen LogP contribution in [0.5, 0.6) is 0 Å². The number of halogens is 2. The van der Waals surface area contributed by atoms with Gasteiger partial charge in [0.2, 0.25) is 0 Å². The van der Waals surface area contributed by atoms with Crippen LogP contribution in [0.1, 0.15) is 0 Å². The molecule has 0 bridgehead atoms. The summed E-state index contributed by atoms with van der Waals surface area (Å²) in [5.41, 5.74) is -0.351. The minimum absolute atomic E-state index is 0.144. The summed E-state index contributed by atoms with van der Waals surface area (Å²) in [6.07, 6.45) is 2.47. The molecule has 4 aromatic rings. The van der Waals surface area contributed by atoms with E-state index in [0.29, 0.717) is 8.92 Å². The van der Waals surface area contributed by atoms with Crippen molar-refractivity contribution in [3.8, 4) is 0 Å². The molecule has 25 heavy (non-hydrogen) atoms. The van der Waals surface area contributed by atoms with Crippen LogP contribution in [0.15, 0.2) is 67.3 Å². The summed E-state index contributed by atoms with van der Waals surface area (Å²) >= 11 is -0.674. The molecule has 2 aromatic heterocycles. The van der Waals surface area contributed by atoms with E-state index in [-0.39, 0.29) is 32.8 Å².